The Morgan fingerprint density at radius 2 is 1.65 bits per heavy atom. The molecule has 4 aromatic rings. The fourth-order valence-electron chi connectivity index (χ4n) is 3.33. The molecule has 0 aliphatic heterocycles. The van der Waals surface area contributed by atoms with Crippen LogP contribution in [0.5, 0.6) is 0 Å². The quantitative estimate of drug-likeness (QED) is 0.498. The zero-order valence-corrected chi connectivity index (χ0v) is 18.1. The van der Waals surface area contributed by atoms with Crippen molar-refractivity contribution in [1.29, 1.82) is 0 Å². The summed E-state index contributed by atoms with van der Waals surface area (Å²) in [6, 6.07) is 16.4. The summed E-state index contributed by atoms with van der Waals surface area (Å²) in [7, 11) is -1.92. The highest BCUT2D eigenvalue weighted by Gasteiger charge is 2.17. The van der Waals surface area contributed by atoms with Crippen LogP contribution in [-0.4, -0.2) is 29.1 Å². The van der Waals surface area contributed by atoms with Crippen molar-refractivity contribution >= 4 is 38.3 Å². The lowest BCUT2D eigenvalue weighted by Gasteiger charge is -2.11. The van der Waals surface area contributed by atoms with Crippen molar-refractivity contribution in [2.24, 2.45) is 7.05 Å². The lowest BCUT2D eigenvalue weighted by atomic mass is 10.1. The van der Waals surface area contributed by atoms with Gasteiger partial charge in [-0.05, 0) is 50.2 Å². The Hall–Kier alpha value is -3.72. The lowest BCUT2D eigenvalue weighted by molar-refractivity contribution is 0.102. The molecule has 2 aromatic carbocycles. The SMILES string of the molecule is Cc1nc2c(cc1C(=O)Nc1cccc(NS(=O)(=O)c3ccccc3)c1)c(C)nn2C. The third-order valence-electron chi connectivity index (χ3n) is 4.86. The molecule has 1 amide bonds. The Labute approximate surface area is 180 Å². The first kappa shape index (κ1) is 20.5. The van der Waals surface area contributed by atoms with Crippen LogP contribution in [0.25, 0.3) is 11.0 Å². The highest BCUT2D eigenvalue weighted by atomic mass is 32.2. The van der Waals surface area contributed by atoms with E-state index >= 15 is 0 Å². The fraction of sp³-hybridized carbons (Fsp3) is 0.136. The third-order valence-corrected chi connectivity index (χ3v) is 6.26. The van der Waals surface area contributed by atoms with Gasteiger partial charge in [0, 0.05) is 18.1 Å². The minimum atomic E-state index is -3.73. The molecular formula is C22H21N5O3S. The first-order valence-corrected chi connectivity index (χ1v) is 11.0. The van der Waals surface area contributed by atoms with Crippen LogP contribution in [0.15, 0.2) is 65.6 Å². The number of benzene rings is 2. The number of anilines is 2. The highest BCUT2D eigenvalue weighted by molar-refractivity contribution is 7.92. The van der Waals surface area contributed by atoms with Gasteiger partial charge in [-0.25, -0.2) is 13.4 Å². The number of sulfonamides is 1. The number of rotatable bonds is 5. The molecule has 0 spiro atoms. The Kier molecular flexibility index (Phi) is 5.20. The Bertz CT molecular complexity index is 1400. The summed E-state index contributed by atoms with van der Waals surface area (Å²) >= 11 is 0. The van der Waals surface area contributed by atoms with Gasteiger partial charge in [0.15, 0.2) is 5.65 Å². The molecule has 2 N–H and O–H groups in total. The zero-order valence-electron chi connectivity index (χ0n) is 17.2. The number of hydrogen-bond acceptors (Lipinski definition) is 5. The molecule has 0 fully saturated rings. The number of aryl methyl sites for hydroxylation is 3. The molecule has 4 rings (SSSR count). The van der Waals surface area contributed by atoms with E-state index in [0.717, 1.165) is 11.1 Å². The van der Waals surface area contributed by atoms with E-state index in [1.54, 1.807) is 60.1 Å². The standard InChI is InChI=1S/C22H21N5O3S/c1-14-20(13-19-15(2)25-27(3)21(19)23-14)22(28)24-16-8-7-9-17(12-16)26-31(29,30)18-10-5-4-6-11-18/h4-13,26H,1-3H3,(H,24,28). The summed E-state index contributed by atoms with van der Waals surface area (Å²) in [6.07, 6.45) is 0. The molecule has 0 aliphatic rings. The average molecular weight is 436 g/mol. The second kappa shape index (κ2) is 7.84. The van der Waals surface area contributed by atoms with E-state index in [-0.39, 0.29) is 10.8 Å². The van der Waals surface area contributed by atoms with Crippen LogP contribution in [0.3, 0.4) is 0 Å². The molecule has 0 unspecified atom stereocenters. The number of nitrogens with zero attached hydrogens (tertiary/aromatic N) is 3. The summed E-state index contributed by atoms with van der Waals surface area (Å²) in [5, 5.41) is 7.97. The predicted octanol–water partition coefficient (Wildman–Crippen LogP) is 3.64. The zero-order chi connectivity index (χ0) is 22.2. The Balaban J connectivity index is 1.58. The maximum atomic E-state index is 12.9. The summed E-state index contributed by atoms with van der Waals surface area (Å²) in [4.78, 5) is 17.6. The third kappa shape index (κ3) is 4.13. The number of hydrogen-bond donors (Lipinski definition) is 2. The lowest BCUT2D eigenvalue weighted by Crippen LogP contribution is -2.15. The number of pyridine rings is 1. The molecule has 0 saturated carbocycles. The summed E-state index contributed by atoms with van der Waals surface area (Å²) < 4.78 is 29.3. The molecule has 2 aromatic heterocycles. The molecule has 0 atom stereocenters. The Morgan fingerprint density at radius 1 is 0.935 bits per heavy atom. The van der Waals surface area contributed by atoms with E-state index in [1.165, 1.54) is 12.1 Å². The van der Waals surface area contributed by atoms with Gasteiger partial charge in [-0.3, -0.25) is 14.2 Å². The normalized spacial score (nSPS) is 11.5. The largest absolute Gasteiger partial charge is 0.322 e. The molecule has 158 valence electrons. The van der Waals surface area contributed by atoms with E-state index in [1.807, 2.05) is 14.0 Å². The van der Waals surface area contributed by atoms with Gasteiger partial charge in [0.1, 0.15) is 0 Å². The van der Waals surface area contributed by atoms with E-state index in [2.05, 4.69) is 20.1 Å². The number of aromatic nitrogens is 3. The van der Waals surface area contributed by atoms with Crippen molar-refractivity contribution in [3.8, 4) is 0 Å². The van der Waals surface area contributed by atoms with Crippen LogP contribution in [0.1, 0.15) is 21.7 Å². The van der Waals surface area contributed by atoms with Crippen LogP contribution in [0, 0.1) is 13.8 Å². The molecular weight excluding hydrogens is 414 g/mol. The number of amides is 1. The number of fused-ring (bicyclic) bond motifs is 1. The molecule has 9 heteroatoms. The molecule has 8 nitrogen and oxygen atoms in total. The van der Waals surface area contributed by atoms with E-state index < -0.39 is 10.0 Å². The number of carbonyl (C=O) groups excluding carboxylic acids is 1. The van der Waals surface area contributed by atoms with Crippen molar-refractivity contribution in [1.82, 2.24) is 14.8 Å². The topological polar surface area (TPSA) is 106 Å². The molecule has 0 bridgehead atoms. The van der Waals surface area contributed by atoms with Gasteiger partial charge in [0.05, 0.1) is 27.5 Å². The fourth-order valence-corrected chi connectivity index (χ4v) is 4.40. The first-order valence-electron chi connectivity index (χ1n) is 9.55. The van der Waals surface area contributed by atoms with Crippen LogP contribution >= 0.6 is 0 Å². The van der Waals surface area contributed by atoms with E-state index in [0.29, 0.717) is 28.3 Å². The Morgan fingerprint density at radius 3 is 2.39 bits per heavy atom. The van der Waals surface area contributed by atoms with Crippen LogP contribution in [-0.2, 0) is 17.1 Å². The van der Waals surface area contributed by atoms with Gasteiger partial charge >= 0.3 is 0 Å². The molecule has 31 heavy (non-hydrogen) atoms. The monoisotopic (exact) mass is 435 g/mol. The van der Waals surface area contributed by atoms with Gasteiger partial charge < -0.3 is 5.32 Å². The number of nitrogens with one attached hydrogen (secondary N) is 2. The van der Waals surface area contributed by atoms with Crippen molar-refractivity contribution < 1.29 is 13.2 Å². The second-order valence-electron chi connectivity index (χ2n) is 7.16. The highest BCUT2D eigenvalue weighted by Crippen LogP contribution is 2.22. The van der Waals surface area contributed by atoms with Crippen molar-refractivity contribution in [2.75, 3.05) is 10.0 Å². The van der Waals surface area contributed by atoms with Gasteiger partial charge in [-0.2, -0.15) is 5.10 Å². The summed E-state index contributed by atoms with van der Waals surface area (Å²) in [5.41, 5.74) is 3.31. The van der Waals surface area contributed by atoms with Crippen molar-refractivity contribution in [3.63, 3.8) is 0 Å². The van der Waals surface area contributed by atoms with Gasteiger partial charge in [-0.1, -0.05) is 24.3 Å². The average Bonchev–Trinajstić information content (AvgIpc) is 3.00. The molecule has 0 saturated heterocycles. The van der Waals surface area contributed by atoms with Gasteiger partial charge in [0.2, 0.25) is 0 Å². The smallest absolute Gasteiger partial charge is 0.261 e. The van der Waals surface area contributed by atoms with Crippen molar-refractivity contribution in [2.45, 2.75) is 18.7 Å². The van der Waals surface area contributed by atoms with Crippen LogP contribution in [0.2, 0.25) is 0 Å². The first-order chi connectivity index (χ1) is 14.7. The molecule has 0 radical (unpaired) electrons. The second-order valence-corrected chi connectivity index (χ2v) is 8.84. The van der Waals surface area contributed by atoms with Gasteiger partial charge in [-0.15, -0.1) is 0 Å². The van der Waals surface area contributed by atoms with Crippen LogP contribution in [0.4, 0.5) is 11.4 Å². The predicted molar refractivity (Wildman–Crippen MR) is 120 cm³/mol. The molecule has 0 aliphatic carbocycles. The van der Waals surface area contributed by atoms with Gasteiger partial charge in [0.25, 0.3) is 15.9 Å². The van der Waals surface area contributed by atoms with E-state index in [9.17, 15) is 13.2 Å². The summed E-state index contributed by atoms with van der Waals surface area (Å²) in [6.45, 7) is 3.63. The maximum absolute atomic E-state index is 12.9. The molecule has 2 heterocycles. The van der Waals surface area contributed by atoms with Crippen molar-refractivity contribution in [3.05, 3.63) is 77.6 Å². The number of carbonyl (C=O) groups is 1. The minimum Gasteiger partial charge on any atom is -0.322 e. The minimum absolute atomic E-state index is 0.159. The van der Waals surface area contributed by atoms with Crippen LogP contribution < -0.4 is 10.0 Å². The van der Waals surface area contributed by atoms with E-state index in [4.69, 9.17) is 0 Å². The maximum Gasteiger partial charge on any atom is 0.261 e. The summed E-state index contributed by atoms with van der Waals surface area (Å²) in [5.74, 6) is -0.335.